The number of hydrogen-bond acceptors (Lipinski definition) is 3. The van der Waals surface area contributed by atoms with Crippen molar-refractivity contribution in [3.63, 3.8) is 0 Å². The van der Waals surface area contributed by atoms with Gasteiger partial charge < -0.3 is 15.0 Å². The van der Waals surface area contributed by atoms with Crippen molar-refractivity contribution in [2.75, 3.05) is 5.32 Å². The number of aliphatic carboxylic acids is 1. The largest absolute Gasteiger partial charge is 0.481 e. The number of rotatable bonds is 15. The fourth-order valence-corrected chi connectivity index (χ4v) is 6.25. The molecule has 5 heteroatoms. The summed E-state index contributed by atoms with van der Waals surface area (Å²) in [5.74, 6) is 0.559. The van der Waals surface area contributed by atoms with Crippen LogP contribution in [0.4, 0.5) is 5.69 Å². The second-order valence-electron chi connectivity index (χ2n) is 13.6. The van der Waals surface area contributed by atoms with Gasteiger partial charge in [-0.15, -0.1) is 0 Å². The van der Waals surface area contributed by atoms with Crippen LogP contribution in [0.1, 0.15) is 116 Å². The van der Waals surface area contributed by atoms with Gasteiger partial charge in [0.1, 0.15) is 0 Å². The summed E-state index contributed by atoms with van der Waals surface area (Å²) in [6, 6.07) is 27.6. The lowest BCUT2D eigenvalue weighted by Gasteiger charge is -2.22. The normalized spacial score (nSPS) is 11.6. The van der Waals surface area contributed by atoms with Crippen molar-refractivity contribution in [1.29, 1.82) is 0 Å². The van der Waals surface area contributed by atoms with Crippen molar-refractivity contribution in [3.8, 4) is 0 Å². The number of carbonyl (C=O) groups is 2. The maximum absolute atomic E-state index is 13.8. The van der Waals surface area contributed by atoms with Crippen LogP contribution in [-0.4, -0.2) is 21.4 Å². The van der Waals surface area contributed by atoms with Gasteiger partial charge in [-0.3, -0.25) is 9.59 Å². The summed E-state index contributed by atoms with van der Waals surface area (Å²) < 4.78 is 2.07. The van der Waals surface area contributed by atoms with Crippen molar-refractivity contribution in [2.45, 2.75) is 85.6 Å². The van der Waals surface area contributed by atoms with E-state index in [0.29, 0.717) is 35.8 Å². The van der Waals surface area contributed by atoms with Crippen LogP contribution in [0.5, 0.6) is 0 Å². The van der Waals surface area contributed by atoms with Gasteiger partial charge in [-0.2, -0.15) is 0 Å². The molecule has 0 fully saturated rings. The fraction of sp³-hybridized carbons (Fsp3) is 0.400. The van der Waals surface area contributed by atoms with Gasteiger partial charge in [-0.05, 0) is 96.0 Å². The van der Waals surface area contributed by atoms with E-state index in [0.717, 1.165) is 29.9 Å². The Balaban J connectivity index is 1.59. The minimum atomic E-state index is -0.799. The molecule has 5 nitrogen and oxygen atoms in total. The molecule has 45 heavy (non-hydrogen) atoms. The highest BCUT2D eigenvalue weighted by Crippen LogP contribution is 2.30. The molecule has 0 aliphatic heterocycles. The van der Waals surface area contributed by atoms with Crippen molar-refractivity contribution in [3.05, 3.63) is 124 Å². The maximum atomic E-state index is 13.8. The zero-order chi connectivity index (χ0) is 32.7. The van der Waals surface area contributed by atoms with E-state index in [1.807, 2.05) is 37.4 Å². The van der Waals surface area contributed by atoms with Gasteiger partial charge in [0.25, 0.3) is 0 Å². The van der Waals surface area contributed by atoms with Crippen LogP contribution >= 0.6 is 0 Å². The highest BCUT2D eigenvalue weighted by atomic mass is 16.4. The monoisotopic (exact) mass is 606 g/mol. The third kappa shape index (κ3) is 8.97. The Morgan fingerprint density at radius 3 is 1.71 bits per heavy atom. The number of carboxylic acid groups (broad SMARTS) is 1. The number of nitrogens with one attached hydrogen (secondary N) is 1. The first kappa shape index (κ1) is 33.8. The second-order valence-corrected chi connectivity index (χ2v) is 13.6. The molecule has 1 heterocycles. The Kier molecular flexibility index (Phi) is 11.4. The molecular weight excluding hydrogens is 556 g/mol. The van der Waals surface area contributed by atoms with Gasteiger partial charge in [0.15, 0.2) is 5.78 Å². The summed E-state index contributed by atoms with van der Waals surface area (Å²) in [5, 5.41) is 12.8. The number of hydrogen-bond donors (Lipinski definition) is 2. The first-order valence-corrected chi connectivity index (χ1v) is 16.4. The number of carbonyl (C=O) groups excluding carboxylic acids is 1. The molecular formula is C40H50N2O3. The molecule has 0 aliphatic rings. The first-order chi connectivity index (χ1) is 21.4. The van der Waals surface area contributed by atoms with E-state index in [1.165, 1.54) is 22.3 Å². The van der Waals surface area contributed by atoms with E-state index in [1.54, 1.807) is 0 Å². The van der Waals surface area contributed by atoms with E-state index in [-0.39, 0.29) is 24.2 Å². The van der Waals surface area contributed by atoms with Gasteiger partial charge in [-0.25, -0.2) is 0 Å². The van der Waals surface area contributed by atoms with Gasteiger partial charge in [-0.1, -0.05) is 90.1 Å². The van der Waals surface area contributed by atoms with E-state index >= 15 is 0 Å². The minimum absolute atomic E-state index is 0.0108. The second kappa shape index (κ2) is 15.2. The van der Waals surface area contributed by atoms with Crippen molar-refractivity contribution < 1.29 is 14.7 Å². The van der Waals surface area contributed by atoms with Crippen LogP contribution in [0.25, 0.3) is 0 Å². The van der Waals surface area contributed by atoms with Gasteiger partial charge in [0, 0.05) is 41.7 Å². The predicted molar refractivity (Wildman–Crippen MR) is 185 cm³/mol. The summed E-state index contributed by atoms with van der Waals surface area (Å²) in [6.45, 7) is 13.2. The molecule has 238 valence electrons. The van der Waals surface area contributed by atoms with Gasteiger partial charge >= 0.3 is 5.97 Å². The Morgan fingerprint density at radius 1 is 0.756 bits per heavy atom. The summed E-state index contributed by atoms with van der Waals surface area (Å²) in [5.41, 5.74) is 9.32. The SMILES string of the molecule is CC(C)Cc1ccc(C(Nc2ccc(C(=O)c3cc(CCCC(=O)O)n(C)c3C(C)C)cc2)c2ccc(CC(C)C)cc2)cc1. The molecule has 0 aliphatic carbocycles. The number of nitrogens with zero attached hydrogens (tertiary/aromatic N) is 1. The molecule has 2 N–H and O–H groups in total. The number of benzene rings is 3. The number of ketones is 1. The van der Waals surface area contributed by atoms with E-state index in [2.05, 4.69) is 100.0 Å². The van der Waals surface area contributed by atoms with Crippen LogP contribution in [0.15, 0.2) is 78.9 Å². The maximum Gasteiger partial charge on any atom is 0.303 e. The smallest absolute Gasteiger partial charge is 0.303 e. The molecule has 0 saturated carbocycles. The lowest BCUT2D eigenvalue weighted by Crippen LogP contribution is -2.13. The first-order valence-electron chi connectivity index (χ1n) is 16.4. The van der Waals surface area contributed by atoms with E-state index in [9.17, 15) is 9.59 Å². The van der Waals surface area contributed by atoms with Crippen LogP contribution < -0.4 is 5.32 Å². The number of aromatic nitrogens is 1. The lowest BCUT2D eigenvalue weighted by atomic mass is 9.93. The Morgan fingerprint density at radius 2 is 1.27 bits per heavy atom. The number of aryl methyl sites for hydroxylation is 1. The molecule has 1 aromatic heterocycles. The van der Waals surface area contributed by atoms with Crippen molar-refractivity contribution in [2.24, 2.45) is 18.9 Å². The lowest BCUT2D eigenvalue weighted by molar-refractivity contribution is -0.137. The Bertz CT molecular complexity index is 1510. The van der Waals surface area contributed by atoms with Crippen LogP contribution in [0.3, 0.4) is 0 Å². The van der Waals surface area contributed by atoms with E-state index < -0.39 is 5.97 Å². The summed E-state index contributed by atoms with van der Waals surface area (Å²) in [7, 11) is 1.97. The highest BCUT2D eigenvalue weighted by molar-refractivity contribution is 6.10. The van der Waals surface area contributed by atoms with Gasteiger partial charge in [0.05, 0.1) is 6.04 Å². The predicted octanol–water partition coefficient (Wildman–Crippen LogP) is 9.39. The zero-order valence-electron chi connectivity index (χ0n) is 28.1. The Hall–Kier alpha value is -4.12. The molecule has 0 saturated heterocycles. The molecule has 0 spiro atoms. The molecule has 0 unspecified atom stereocenters. The quantitative estimate of drug-likeness (QED) is 0.132. The average Bonchev–Trinajstić information content (AvgIpc) is 3.32. The van der Waals surface area contributed by atoms with Crippen LogP contribution in [0, 0.1) is 11.8 Å². The van der Waals surface area contributed by atoms with Crippen LogP contribution in [-0.2, 0) is 31.1 Å². The summed E-state index contributed by atoms with van der Waals surface area (Å²) >= 11 is 0. The molecule has 0 radical (unpaired) electrons. The van der Waals surface area contributed by atoms with E-state index in [4.69, 9.17) is 5.11 Å². The molecule has 0 atom stereocenters. The third-order valence-electron chi connectivity index (χ3n) is 8.37. The third-order valence-corrected chi connectivity index (χ3v) is 8.37. The summed E-state index contributed by atoms with van der Waals surface area (Å²) in [4.78, 5) is 24.8. The number of anilines is 1. The topological polar surface area (TPSA) is 71.3 Å². The Labute approximate surface area is 269 Å². The van der Waals surface area contributed by atoms with Crippen molar-refractivity contribution in [1.82, 2.24) is 4.57 Å². The zero-order valence-corrected chi connectivity index (χ0v) is 28.1. The fourth-order valence-electron chi connectivity index (χ4n) is 6.25. The molecule has 4 aromatic rings. The molecule has 3 aromatic carbocycles. The highest BCUT2D eigenvalue weighted by Gasteiger charge is 2.22. The number of carboxylic acids is 1. The van der Waals surface area contributed by atoms with Crippen molar-refractivity contribution >= 4 is 17.4 Å². The summed E-state index contributed by atoms with van der Waals surface area (Å²) in [6.07, 6.45) is 3.39. The molecule has 0 bridgehead atoms. The van der Waals surface area contributed by atoms with Crippen LogP contribution in [0.2, 0.25) is 0 Å². The molecule has 4 rings (SSSR count). The standard InChI is InChI=1S/C40H50N2O3/c1-26(2)23-29-11-15-31(16-12-29)38(32-17-13-30(14-18-32)24-27(3)4)41-34-21-19-33(20-22-34)40(45)36-25-35(9-8-10-37(43)44)42(7)39(36)28(5)6/h11-22,25-28,38,41H,8-10,23-24H2,1-7H3,(H,43,44). The average molecular weight is 607 g/mol. The van der Waals surface area contributed by atoms with Gasteiger partial charge in [0.2, 0.25) is 0 Å². The minimum Gasteiger partial charge on any atom is -0.481 e. The molecule has 0 amide bonds.